The number of hydrogen-bond donors (Lipinski definition) is 0. The first-order chi connectivity index (χ1) is 37.4. The van der Waals surface area contributed by atoms with E-state index in [4.69, 9.17) is 0 Å². The maximum Gasteiger partial charge on any atom is 0.0462 e. The van der Waals surface area contributed by atoms with E-state index < -0.39 is 0 Å². The zero-order chi connectivity index (χ0) is 50.2. The van der Waals surface area contributed by atoms with Crippen molar-refractivity contribution >= 4 is 53.5 Å². The molecule has 0 amide bonds. The summed E-state index contributed by atoms with van der Waals surface area (Å²) < 4.78 is 0. The lowest BCUT2D eigenvalue weighted by Gasteiger charge is -2.38. The van der Waals surface area contributed by atoms with Gasteiger partial charge in [-0.05, 0) is 259 Å². The fraction of sp³-hybridized carbons (Fsp3) is 0.440. The lowest BCUT2D eigenvalue weighted by molar-refractivity contribution is 0.219. The van der Waals surface area contributed by atoms with Crippen LogP contribution in [-0.4, -0.2) is 0 Å². The molecule has 0 radical (unpaired) electrons. The molecule has 0 aromatic heterocycles. The van der Waals surface area contributed by atoms with E-state index in [1.54, 1.807) is 16.7 Å². The molecule has 9 saturated carbocycles. The topological polar surface area (TPSA) is 3.24 Å². The molecule has 0 spiro atoms. The number of nitrogens with zero attached hydrogens (tertiary/aromatic N) is 1. The van der Waals surface area contributed by atoms with Crippen LogP contribution in [0.25, 0.3) is 36.5 Å². The molecule has 0 heterocycles. The largest absolute Gasteiger partial charge is 0.311 e. The molecule has 6 aromatic carbocycles. The fourth-order valence-corrected chi connectivity index (χ4v) is 19.5. The van der Waals surface area contributed by atoms with Crippen LogP contribution in [0.15, 0.2) is 146 Å². The molecule has 1 heteroatoms. The van der Waals surface area contributed by atoms with Crippen molar-refractivity contribution in [3.05, 3.63) is 196 Å². The SMILES string of the molecule is C(=C\c1ccc(N(c2ccc(/C=C/c3ccc(C45CC6CCCC(C4)C(C6)C5)cc3)cc2)c2ccc(/C=C/c3ccc([C@@]45CCCC6CC(C[C@H]4C6)C5)cc3)cc2)cc1)/c1ccc(C2CC3CC4CC(C3)[C@@H](C4)C2)cc1. The van der Waals surface area contributed by atoms with E-state index in [1.165, 1.54) is 162 Å². The van der Waals surface area contributed by atoms with E-state index in [2.05, 4.69) is 187 Å². The highest BCUT2D eigenvalue weighted by Gasteiger charge is 2.54. The average molecular weight is 996 g/mol. The molecular formula is C75H81N. The molecule has 0 saturated heterocycles. The summed E-state index contributed by atoms with van der Waals surface area (Å²) >= 11 is 0. The van der Waals surface area contributed by atoms with Gasteiger partial charge < -0.3 is 4.90 Å². The van der Waals surface area contributed by atoms with Gasteiger partial charge in [-0.3, -0.25) is 0 Å². The van der Waals surface area contributed by atoms with Crippen LogP contribution in [0.4, 0.5) is 17.1 Å². The zero-order valence-electron chi connectivity index (χ0n) is 45.3. The van der Waals surface area contributed by atoms with Gasteiger partial charge in [0.1, 0.15) is 0 Å². The molecule has 9 aliphatic rings. The minimum Gasteiger partial charge on any atom is -0.311 e. The molecular weight excluding hydrogens is 915 g/mol. The third-order valence-electron chi connectivity index (χ3n) is 22.8. The molecule has 15 rings (SSSR count). The molecule has 10 unspecified atom stereocenters. The zero-order valence-corrected chi connectivity index (χ0v) is 45.3. The van der Waals surface area contributed by atoms with E-state index >= 15 is 0 Å². The monoisotopic (exact) mass is 996 g/mol. The first-order valence-corrected chi connectivity index (χ1v) is 30.9. The molecule has 386 valence electrons. The Morgan fingerprint density at radius 1 is 0.329 bits per heavy atom. The number of fused-ring (bicyclic) bond motifs is 6. The van der Waals surface area contributed by atoms with E-state index in [9.17, 15) is 0 Å². The highest BCUT2D eigenvalue weighted by atomic mass is 15.1. The second-order valence-electron chi connectivity index (χ2n) is 27.2. The Labute approximate surface area is 456 Å². The minimum atomic E-state index is 0.438. The summed E-state index contributed by atoms with van der Waals surface area (Å²) in [6.45, 7) is 0. The standard InChI is InChI=1S/C75H81N/c1-3-58-39-67-50-74(47-58,49-63(67)5-1)68-26-14-52(15-27-68)7-10-55-20-32-72(33-21-55)76(71-30-18-54(19-31-71)9-6-51-12-24-62(25-13-51)65-42-59-38-60-41-64(40-59)66(43-60)46-65)73-34-22-56(23-35-73)11-8-53-16-28-69(29-17-53)75-36-2-4-57-37-61(48-75)45-70(75)44-57/h6-35,57-61,63-67,70H,1-5,36-50H2/b9-6+,10-7+,11-8+/t57?,58?,59?,60?,61?,63?,64?,65?,66-,67?,70+,74?,75-/m0/s1. The number of hydrogen-bond acceptors (Lipinski definition) is 1. The van der Waals surface area contributed by atoms with Crippen LogP contribution in [0.1, 0.15) is 184 Å². The maximum atomic E-state index is 2.49. The summed E-state index contributed by atoms with van der Waals surface area (Å²) in [5.41, 5.74) is 16.7. The first-order valence-electron chi connectivity index (χ1n) is 30.9. The van der Waals surface area contributed by atoms with Gasteiger partial charge in [0, 0.05) is 17.1 Å². The lowest BCUT2D eigenvalue weighted by atomic mass is 9.66. The van der Waals surface area contributed by atoms with Crippen LogP contribution in [0.2, 0.25) is 0 Å². The van der Waals surface area contributed by atoms with E-state index in [1.807, 2.05) is 0 Å². The summed E-state index contributed by atoms with van der Waals surface area (Å²) in [7, 11) is 0. The van der Waals surface area contributed by atoms with Crippen molar-refractivity contribution in [2.24, 2.45) is 59.2 Å². The van der Waals surface area contributed by atoms with Crippen molar-refractivity contribution in [1.29, 1.82) is 0 Å². The van der Waals surface area contributed by atoms with Crippen molar-refractivity contribution in [2.45, 2.75) is 145 Å². The van der Waals surface area contributed by atoms with Crippen LogP contribution < -0.4 is 4.90 Å². The van der Waals surface area contributed by atoms with Gasteiger partial charge in [-0.2, -0.15) is 0 Å². The first kappa shape index (κ1) is 47.5. The summed E-state index contributed by atoms with van der Waals surface area (Å²) in [6, 6.07) is 56.6. The smallest absolute Gasteiger partial charge is 0.0462 e. The van der Waals surface area contributed by atoms with Crippen LogP contribution in [0.5, 0.6) is 0 Å². The normalized spacial score (nSPS) is 33.9. The summed E-state index contributed by atoms with van der Waals surface area (Å²) in [5.74, 6) is 10.5. The van der Waals surface area contributed by atoms with Crippen LogP contribution >= 0.6 is 0 Å². The van der Waals surface area contributed by atoms with Crippen LogP contribution in [0, 0.1) is 59.2 Å². The van der Waals surface area contributed by atoms with Gasteiger partial charge in [0.25, 0.3) is 0 Å². The molecule has 0 N–H and O–H groups in total. The molecule has 9 bridgehead atoms. The molecule has 76 heavy (non-hydrogen) atoms. The van der Waals surface area contributed by atoms with Crippen molar-refractivity contribution in [3.63, 3.8) is 0 Å². The Bertz CT molecular complexity index is 3090. The van der Waals surface area contributed by atoms with Gasteiger partial charge in [0.15, 0.2) is 0 Å². The van der Waals surface area contributed by atoms with Gasteiger partial charge in [-0.1, -0.05) is 178 Å². The highest BCUT2D eigenvalue weighted by molar-refractivity contribution is 5.81. The predicted molar refractivity (Wildman–Crippen MR) is 321 cm³/mol. The Morgan fingerprint density at radius 3 is 1.38 bits per heavy atom. The van der Waals surface area contributed by atoms with Gasteiger partial charge in [-0.25, -0.2) is 0 Å². The second kappa shape index (κ2) is 19.7. The number of rotatable bonds is 12. The summed E-state index contributed by atoms with van der Waals surface area (Å²) in [6.07, 6.45) is 43.0. The number of anilines is 3. The summed E-state index contributed by atoms with van der Waals surface area (Å²) in [4.78, 5) is 2.41. The molecule has 9 aliphatic carbocycles. The van der Waals surface area contributed by atoms with Gasteiger partial charge in [-0.15, -0.1) is 0 Å². The molecule has 13 atom stereocenters. The van der Waals surface area contributed by atoms with E-state index in [-0.39, 0.29) is 0 Å². The molecule has 9 fully saturated rings. The van der Waals surface area contributed by atoms with Gasteiger partial charge in [0.05, 0.1) is 0 Å². The fourth-order valence-electron chi connectivity index (χ4n) is 19.5. The Balaban J connectivity index is 0.654. The highest BCUT2D eigenvalue weighted by Crippen LogP contribution is 2.63. The Morgan fingerprint density at radius 2 is 0.789 bits per heavy atom. The minimum absolute atomic E-state index is 0.438. The van der Waals surface area contributed by atoms with E-state index in [0.29, 0.717) is 10.8 Å². The second-order valence-corrected chi connectivity index (χ2v) is 27.2. The third-order valence-corrected chi connectivity index (χ3v) is 22.8. The Hall–Kier alpha value is -5.66. The lowest BCUT2D eigenvalue weighted by Crippen LogP contribution is -2.30. The van der Waals surface area contributed by atoms with Gasteiger partial charge in [0.2, 0.25) is 0 Å². The molecule has 6 aromatic rings. The molecule has 1 nitrogen and oxygen atoms in total. The van der Waals surface area contributed by atoms with Crippen LogP contribution in [0.3, 0.4) is 0 Å². The number of benzene rings is 6. The summed E-state index contributed by atoms with van der Waals surface area (Å²) in [5, 5.41) is 0. The molecule has 0 aliphatic heterocycles. The van der Waals surface area contributed by atoms with E-state index in [0.717, 1.165) is 82.2 Å². The van der Waals surface area contributed by atoms with Crippen molar-refractivity contribution in [3.8, 4) is 0 Å². The van der Waals surface area contributed by atoms with Crippen LogP contribution in [-0.2, 0) is 10.8 Å². The maximum absolute atomic E-state index is 2.49. The van der Waals surface area contributed by atoms with Gasteiger partial charge >= 0.3 is 0 Å². The van der Waals surface area contributed by atoms with Crippen molar-refractivity contribution in [1.82, 2.24) is 0 Å². The predicted octanol–water partition coefficient (Wildman–Crippen LogP) is 20.3. The average Bonchev–Trinajstić information content (AvgIpc) is 3.98. The third kappa shape index (κ3) is 9.12. The van der Waals surface area contributed by atoms with Crippen molar-refractivity contribution < 1.29 is 0 Å². The Kier molecular flexibility index (Phi) is 12.3. The quantitative estimate of drug-likeness (QED) is 0.110. The van der Waals surface area contributed by atoms with Crippen molar-refractivity contribution in [2.75, 3.05) is 4.90 Å².